The maximum absolute atomic E-state index is 12.2. The Morgan fingerprint density at radius 3 is 2.40 bits per heavy atom. The Morgan fingerprint density at radius 2 is 1.72 bits per heavy atom. The predicted octanol–water partition coefficient (Wildman–Crippen LogP) is 4.62. The Hall–Kier alpha value is -3.14. The topological polar surface area (TPSA) is 42.4 Å². The summed E-state index contributed by atoms with van der Waals surface area (Å²) >= 11 is 0. The van der Waals surface area contributed by atoms with Gasteiger partial charge in [0.25, 0.3) is 0 Å². The molecule has 0 saturated heterocycles. The van der Waals surface area contributed by atoms with Crippen LogP contribution in [0.2, 0.25) is 0 Å². The van der Waals surface area contributed by atoms with E-state index in [0.717, 1.165) is 23.4 Å². The van der Waals surface area contributed by atoms with Crippen LogP contribution in [0, 0.1) is 6.92 Å². The summed E-state index contributed by atoms with van der Waals surface area (Å²) in [4.78, 5) is 18.1. The second-order valence-corrected chi connectivity index (χ2v) is 5.85. The molecule has 0 atom stereocenters. The fourth-order valence-electron chi connectivity index (χ4n) is 2.50. The second kappa shape index (κ2) is 7.62. The van der Waals surface area contributed by atoms with Crippen LogP contribution in [0.5, 0.6) is 5.75 Å². The van der Waals surface area contributed by atoms with Crippen molar-refractivity contribution in [2.75, 3.05) is 11.9 Å². The van der Waals surface area contributed by atoms with Crippen molar-refractivity contribution >= 4 is 11.8 Å². The first kappa shape index (κ1) is 16.7. The Balaban J connectivity index is 1.64. The van der Waals surface area contributed by atoms with Crippen LogP contribution in [0.4, 0.5) is 10.5 Å². The first-order chi connectivity index (χ1) is 12.1. The van der Waals surface area contributed by atoms with E-state index < -0.39 is 6.09 Å². The number of ether oxygens (including phenoxy) is 1. The van der Waals surface area contributed by atoms with Crippen LogP contribution in [-0.2, 0) is 6.42 Å². The third-order valence-electron chi connectivity index (χ3n) is 4.04. The van der Waals surface area contributed by atoms with Gasteiger partial charge in [-0.05, 0) is 48.4 Å². The summed E-state index contributed by atoms with van der Waals surface area (Å²) in [7, 11) is 1.69. The molecule has 0 aliphatic heterocycles. The predicted molar refractivity (Wildman–Crippen MR) is 99.1 cm³/mol. The first-order valence-corrected chi connectivity index (χ1v) is 8.13. The molecule has 1 heterocycles. The Morgan fingerprint density at radius 1 is 1.00 bits per heavy atom. The number of carbonyl (C=O) groups excluding carboxylic acids is 1. The highest BCUT2D eigenvalue weighted by atomic mass is 16.6. The van der Waals surface area contributed by atoms with Crippen LogP contribution < -0.4 is 9.64 Å². The number of amides is 1. The fourth-order valence-corrected chi connectivity index (χ4v) is 2.50. The van der Waals surface area contributed by atoms with Crippen LogP contribution in [0.3, 0.4) is 0 Å². The lowest BCUT2D eigenvalue weighted by atomic mass is 10.1. The lowest BCUT2D eigenvalue weighted by molar-refractivity contribution is 0.209. The number of aryl methyl sites for hydroxylation is 1. The summed E-state index contributed by atoms with van der Waals surface area (Å²) in [6.45, 7) is 2.05. The highest BCUT2D eigenvalue weighted by Crippen LogP contribution is 2.18. The number of aromatic nitrogens is 1. The van der Waals surface area contributed by atoms with Crippen LogP contribution >= 0.6 is 0 Å². The minimum Gasteiger partial charge on any atom is -0.410 e. The van der Waals surface area contributed by atoms with Gasteiger partial charge in [-0.15, -0.1) is 0 Å². The highest BCUT2D eigenvalue weighted by Gasteiger charge is 2.13. The molecular weight excluding hydrogens is 312 g/mol. The summed E-state index contributed by atoms with van der Waals surface area (Å²) in [5.41, 5.74) is 4.13. The zero-order chi connectivity index (χ0) is 17.6. The van der Waals surface area contributed by atoms with Crippen molar-refractivity contribution in [3.8, 4) is 5.75 Å². The van der Waals surface area contributed by atoms with Gasteiger partial charge in [-0.3, -0.25) is 9.88 Å². The van der Waals surface area contributed by atoms with E-state index in [9.17, 15) is 4.79 Å². The Bertz CT molecular complexity index is 845. The van der Waals surface area contributed by atoms with Crippen molar-refractivity contribution in [2.45, 2.75) is 13.3 Å². The van der Waals surface area contributed by atoms with Gasteiger partial charge in [0, 0.05) is 31.0 Å². The van der Waals surface area contributed by atoms with Crippen molar-refractivity contribution in [1.82, 2.24) is 4.98 Å². The van der Waals surface area contributed by atoms with E-state index in [1.54, 1.807) is 13.2 Å². The summed E-state index contributed by atoms with van der Waals surface area (Å²) in [5, 5.41) is 0. The van der Waals surface area contributed by atoms with Crippen LogP contribution in [0.25, 0.3) is 0 Å². The molecule has 0 bridgehead atoms. The average molecular weight is 332 g/mol. The molecular formula is C21H20N2O2. The molecule has 0 unspecified atom stereocenters. The number of para-hydroxylation sites is 1. The van der Waals surface area contributed by atoms with Gasteiger partial charge in [0.15, 0.2) is 0 Å². The molecule has 1 amide bonds. The van der Waals surface area contributed by atoms with Crippen molar-refractivity contribution < 1.29 is 9.53 Å². The van der Waals surface area contributed by atoms with Crippen molar-refractivity contribution in [2.24, 2.45) is 0 Å². The quantitative estimate of drug-likeness (QED) is 0.700. The largest absolute Gasteiger partial charge is 0.419 e. The van der Waals surface area contributed by atoms with Crippen LogP contribution in [0.15, 0.2) is 72.9 Å². The first-order valence-electron chi connectivity index (χ1n) is 8.13. The lowest BCUT2D eigenvalue weighted by Gasteiger charge is -2.16. The van der Waals surface area contributed by atoms with Crippen molar-refractivity contribution in [3.05, 3.63) is 89.7 Å². The number of pyridine rings is 1. The molecule has 25 heavy (non-hydrogen) atoms. The van der Waals surface area contributed by atoms with Gasteiger partial charge in [0.05, 0.1) is 0 Å². The van der Waals surface area contributed by atoms with Gasteiger partial charge in [0.2, 0.25) is 0 Å². The SMILES string of the molecule is Cc1cccnc1Cc1ccc(OC(=O)N(C)c2ccccc2)cc1. The standard InChI is InChI=1S/C21H20N2O2/c1-16-7-6-14-22-20(16)15-17-10-12-19(13-11-17)25-21(24)23(2)18-8-4-3-5-9-18/h3-14H,15H2,1-2H3. The molecule has 0 saturated carbocycles. The van der Waals surface area contributed by atoms with Gasteiger partial charge in [-0.25, -0.2) is 4.79 Å². The number of hydrogen-bond acceptors (Lipinski definition) is 3. The van der Waals surface area contributed by atoms with E-state index in [4.69, 9.17) is 4.74 Å². The summed E-state index contributed by atoms with van der Waals surface area (Å²) in [6, 6.07) is 20.9. The molecule has 0 N–H and O–H groups in total. The van der Waals surface area contributed by atoms with E-state index in [0.29, 0.717) is 5.75 Å². The van der Waals surface area contributed by atoms with E-state index in [1.165, 1.54) is 10.5 Å². The van der Waals surface area contributed by atoms with Crippen molar-refractivity contribution in [1.29, 1.82) is 0 Å². The normalized spacial score (nSPS) is 10.3. The van der Waals surface area contributed by atoms with Crippen LogP contribution in [-0.4, -0.2) is 18.1 Å². The number of hydrogen-bond donors (Lipinski definition) is 0. The van der Waals surface area contributed by atoms with Crippen LogP contribution in [0.1, 0.15) is 16.8 Å². The monoisotopic (exact) mass is 332 g/mol. The second-order valence-electron chi connectivity index (χ2n) is 5.85. The van der Waals surface area contributed by atoms with E-state index >= 15 is 0 Å². The molecule has 0 aliphatic carbocycles. The van der Waals surface area contributed by atoms with E-state index in [-0.39, 0.29) is 0 Å². The summed E-state index contributed by atoms with van der Waals surface area (Å²) in [6.07, 6.45) is 2.14. The molecule has 0 spiro atoms. The third kappa shape index (κ3) is 4.23. The van der Waals surface area contributed by atoms with Gasteiger partial charge in [-0.2, -0.15) is 0 Å². The molecule has 126 valence electrons. The number of benzene rings is 2. The van der Waals surface area contributed by atoms with E-state index in [2.05, 4.69) is 18.0 Å². The molecule has 3 aromatic rings. The molecule has 4 nitrogen and oxygen atoms in total. The summed E-state index contributed by atoms with van der Waals surface area (Å²) in [5.74, 6) is 0.522. The van der Waals surface area contributed by atoms with Gasteiger partial charge < -0.3 is 4.74 Å². The minimum atomic E-state index is -0.417. The van der Waals surface area contributed by atoms with Gasteiger partial charge in [-0.1, -0.05) is 36.4 Å². The number of nitrogens with zero attached hydrogens (tertiary/aromatic N) is 2. The van der Waals surface area contributed by atoms with Gasteiger partial charge >= 0.3 is 6.09 Å². The highest BCUT2D eigenvalue weighted by molar-refractivity contribution is 5.88. The van der Waals surface area contributed by atoms with Crippen molar-refractivity contribution in [3.63, 3.8) is 0 Å². The summed E-state index contributed by atoms with van der Waals surface area (Å²) < 4.78 is 5.43. The molecule has 0 radical (unpaired) electrons. The minimum absolute atomic E-state index is 0.417. The van der Waals surface area contributed by atoms with E-state index in [1.807, 2.05) is 60.7 Å². The average Bonchev–Trinajstić information content (AvgIpc) is 2.65. The molecule has 2 aromatic carbocycles. The Labute approximate surface area is 147 Å². The zero-order valence-corrected chi connectivity index (χ0v) is 14.3. The number of carbonyl (C=O) groups is 1. The molecule has 0 aliphatic rings. The fraction of sp³-hybridized carbons (Fsp3) is 0.143. The maximum atomic E-state index is 12.2. The molecule has 0 fully saturated rings. The third-order valence-corrected chi connectivity index (χ3v) is 4.04. The number of rotatable bonds is 4. The Kier molecular flexibility index (Phi) is 5.09. The maximum Gasteiger partial charge on any atom is 0.419 e. The number of anilines is 1. The zero-order valence-electron chi connectivity index (χ0n) is 14.3. The molecule has 4 heteroatoms. The van der Waals surface area contributed by atoms with Gasteiger partial charge in [0.1, 0.15) is 5.75 Å². The molecule has 1 aromatic heterocycles. The smallest absolute Gasteiger partial charge is 0.410 e. The molecule has 3 rings (SSSR count). The lowest BCUT2D eigenvalue weighted by Crippen LogP contribution is -2.29.